The second kappa shape index (κ2) is 17.2. The van der Waals surface area contributed by atoms with Gasteiger partial charge in [-0.2, -0.15) is 0 Å². The molecule has 0 spiro atoms. The molecule has 0 saturated heterocycles. The number of hydrogen-bond acceptors (Lipinski definition) is 0. The maximum atomic E-state index is 0. The van der Waals surface area contributed by atoms with Gasteiger partial charge in [-0.1, -0.05) is 0 Å². The standard InChI is InChI=1S/Mo.Ta.Ti.V. The zero-order chi connectivity index (χ0) is 0. The summed E-state index contributed by atoms with van der Waals surface area (Å²) in [4.78, 5) is 0. The summed E-state index contributed by atoms with van der Waals surface area (Å²) in [6.45, 7) is 0. The molecule has 0 nitrogen and oxygen atoms in total. The van der Waals surface area contributed by atoms with E-state index >= 15 is 0 Å². The van der Waals surface area contributed by atoms with Crippen LogP contribution in [0, 0.1) is 0 Å². The Morgan fingerprint density at radius 2 is 1.00 bits per heavy atom. The molecular formula is MoTaTiV. The van der Waals surface area contributed by atoms with Gasteiger partial charge in [-0.25, -0.2) is 0 Å². The first-order chi connectivity index (χ1) is 0. The molecule has 0 N–H and O–H groups in total. The molecule has 0 aliphatic heterocycles. The maximum absolute atomic E-state index is 0. The van der Waals surface area contributed by atoms with Gasteiger partial charge < -0.3 is 0 Å². The third-order valence-electron chi connectivity index (χ3n) is 0. The Bertz CT molecular complexity index is 8.00. The molecule has 0 amide bonds. The van der Waals surface area contributed by atoms with Gasteiger partial charge in [-0.3, -0.25) is 0 Å². The van der Waals surface area contributed by atoms with E-state index in [4.69, 9.17) is 0 Å². The summed E-state index contributed by atoms with van der Waals surface area (Å²) in [6.07, 6.45) is 0. The van der Waals surface area contributed by atoms with E-state index in [0.29, 0.717) is 0 Å². The van der Waals surface area contributed by atoms with Crippen LogP contribution in [0.25, 0.3) is 0 Å². The van der Waals surface area contributed by atoms with Gasteiger partial charge >= 0.3 is 0 Å². The monoisotopic (exact) mass is 378 g/mol. The van der Waals surface area contributed by atoms with Crippen molar-refractivity contribution in [2.24, 2.45) is 0 Å². The second-order valence-electron chi connectivity index (χ2n) is 0. The first-order valence-electron chi connectivity index (χ1n) is 0. The summed E-state index contributed by atoms with van der Waals surface area (Å²) in [5, 5.41) is 0. The molecule has 4 heavy (non-hydrogen) atoms. The molecule has 0 saturated carbocycles. The van der Waals surface area contributed by atoms with Crippen LogP contribution in [0.15, 0.2) is 0 Å². The largest absolute Gasteiger partial charge is 0 e. The zero-order valence-electron chi connectivity index (χ0n) is 1.80. The van der Waals surface area contributed by atoms with Gasteiger partial charge in [0.25, 0.3) is 0 Å². The first-order valence-corrected chi connectivity index (χ1v) is 0. The van der Waals surface area contributed by atoms with Crippen LogP contribution in [0.3, 0.4) is 0 Å². The fourth-order valence-corrected chi connectivity index (χ4v) is 0. The summed E-state index contributed by atoms with van der Waals surface area (Å²) in [7, 11) is 0. The SMILES string of the molecule is [Mo].[Ta].[Ti].[V]. The van der Waals surface area contributed by atoms with E-state index in [1.54, 1.807) is 0 Å². The maximum Gasteiger partial charge on any atom is 0 e. The average Bonchev–Trinajstić information content (AvgIpc) is 0. The van der Waals surface area contributed by atoms with Gasteiger partial charge in [0, 0.05) is 83.7 Å². The van der Waals surface area contributed by atoms with Crippen LogP contribution in [0.2, 0.25) is 0 Å². The summed E-state index contributed by atoms with van der Waals surface area (Å²) in [5.74, 6) is 0. The Morgan fingerprint density at radius 3 is 1.00 bits per heavy atom. The molecule has 0 rings (SSSR count). The van der Waals surface area contributed by atoms with Crippen molar-refractivity contribution < 1.29 is 83.7 Å². The van der Waals surface area contributed by atoms with Crippen molar-refractivity contribution in [3.63, 3.8) is 0 Å². The molecule has 0 fully saturated rings. The molecule has 0 heterocycles. The van der Waals surface area contributed by atoms with Crippen LogP contribution in [-0.2, 0) is 83.7 Å². The molecule has 0 aliphatic rings. The molecule has 4 heteroatoms. The first kappa shape index (κ1) is 29.7. The summed E-state index contributed by atoms with van der Waals surface area (Å²) >= 11 is 0. The van der Waals surface area contributed by atoms with E-state index in [-0.39, 0.29) is 83.7 Å². The van der Waals surface area contributed by atoms with E-state index in [2.05, 4.69) is 0 Å². The Morgan fingerprint density at radius 1 is 1.00 bits per heavy atom. The van der Waals surface area contributed by atoms with E-state index in [9.17, 15) is 0 Å². The van der Waals surface area contributed by atoms with Crippen molar-refractivity contribution in [2.45, 2.75) is 0 Å². The molecule has 0 bridgehead atoms. The van der Waals surface area contributed by atoms with Crippen molar-refractivity contribution in [1.29, 1.82) is 0 Å². The van der Waals surface area contributed by atoms with Gasteiger partial charge in [0.1, 0.15) is 0 Å². The minimum Gasteiger partial charge on any atom is 0 e. The third-order valence-corrected chi connectivity index (χ3v) is 0. The van der Waals surface area contributed by atoms with Gasteiger partial charge in [-0.15, -0.1) is 0 Å². The van der Waals surface area contributed by atoms with Gasteiger partial charge in [0.2, 0.25) is 0 Å². The molecule has 0 aromatic rings. The van der Waals surface area contributed by atoms with Crippen molar-refractivity contribution in [3.8, 4) is 0 Å². The summed E-state index contributed by atoms with van der Waals surface area (Å²) in [6, 6.07) is 0. The van der Waals surface area contributed by atoms with Crippen molar-refractivity contribution in [3.05, 3.63) is 0 Å². The Kier molecular flexibility index (Phi) is 128. The van der Waals surface area contributed by atoms with E-state index < -0.39 is 0 Å². The van der Waals surface area contributed by atoms with Gasteiger partial charge in [0.05, 0.1) is 0 Å². The zero-order valence-corrected chi connectivity index (χ0v) is 9.98. The molecule has 20 valence electrons. The third kappa shape index (κ3) is 8.83. The molecule has 0 aromatic carbocycles. The average molecular weight is 376 g/mol. The fraction of sp³-hybridized carbons (Fsp3) is 0. The van der Waals surface area contributed by atoms with Crippen molar-refractivity contribution in [1.82, 2.24) is 0 Å². The van der Waals surface area contributed by atoms with Crippen LogP contribution in [0.4, 0.5) is 0 Å². The van der Waals surface area contributed by atoms with Crippen molar-refractivity contribution >= 4 is 0 Å². The van der Waals surface area contributed by atoms with Crippen LogP contribution in [0.1, 0.15) is 0 Å². The van der Waals surface area contributed by atoms with Crippen LogP contribution < -0.4 is 0 Å². The van der Waals surface area contributed by atoms with Crippen LogP contribution in [0.5, 0.6) is 0 Å². The predicted molar refractivity (Wildman–Crippen MR) is 0 cm³/mol. The quantitative estimate of drug-likeness (QED) is 0.523. The smallest absolute Gasteiger partial charge is 0 e. The fourth-order valence-electron chi connectivity index (χ4n) is 0. The normalized spacial score (nSPS) is 0. The molecule has 2 radical (unpaired) electrons. The molecule has 0 aromatic heterocycles. The van der Waals surface area contributed by atoms with Gasteiger partial charge in [0.15, 0.2) is 0 Å². The molecular weight excluding hydrogens is 376 g/mol. The molecule has 0 aliphatic carbocycles. The van der Waals surface area contributed by atoms with E-state index in [0.717, 1.165) is 0 Å². The number of hydrogen-bond donors (Lipinski definition) is 0. The predicted octanol–water partition coefficient (Wildman–Crippen LogP) is -0.0100. The van der Waals surface area contributed by atoms with Gasteiger partial charge in [-0.05, 0) is 0 Å². The molecule has 0 unspecified atom stereocenters. The molecule has 0 atom stereocenters. The topological polar surface area (TPSA) is 0 Å². The second-order valence-corrected chi connectivity index (χ2v) is 0. The minimum absolute atomic E-state index is 0. The Balaban J connectivity index is 0. The van der Waals surface area contributed by atoms with E-state index in [1.807, 2.05) is 0 Å². The van der Waals surface area contributed by atoms with Crippen LogP contribution >= 0.6 is 0 Å². The van der Waals surface area contributed by atoms with Crippen LogP contribution in [-0.4, -0.2) is 0 Å². The Hall–Kier alpha value is 2.73. The van der Waals surface area contributed by atoms with E-state index in [1.165, 1.54) is 0 Å². The summed E-state index contributed by atoms with van der Waals surface area (Å²) in [5.41, 5.74) is 0. The van der Waals surface area contributed by atoms with Crippen molar-refractivity contribution in [2.75, 3.05) is 0 Å². The summed E-state index contributed by atoms with van der Waals surface area (Å²) < 4.78 is 0. The minimum atomic E-state index is 0. The number of rotatable bonds is 0. The Labute approximate surface area is 82.4 Å².